The third-order valence-electron chi connectivity index (χ3n) is 3.34. The van der Waals surface area contributed by atoms with Crippen molar-refractivity contribution >= 4 is 0 Å². The molecule has 21 heavy (non-hydrogen) atoms. The summed E-state index contributed by atoms with van der Waals surface area (Å²) in [6, 6.07) is 15.0. The molecule has 0 aliphatic rings. The first-order valence-corrected chi connectivity index (χ1v) is 6.96. The van der Waals surface area contributed by atoms with Gasteiger partial charge in [0, 0.05) is 5.56 Å². The highest BCUT2D eigenvalue weighted by atomic mass is 19.3. The molecule has 0 aromatic heterocycles. The van der Waals surface area contributed by atoms with Crippen LogP contribution in [0.3, 0.4) is 0 Å². The van der Waals surface area contributed by atoms with Crippen LogP contribution in [-0.4, -0.2) is 6.61 Å². The summed E-state index contributed by atoms with van der Waals surface area (Å²) >= 11 is 0. The van der Waals surface area contributed by atoms with Crippen LogP contribution >= 0.6 is 0 Å². The number of ether oxygens (including phenoxy) is 1. The van der Waals surface area contributed by atoms with Crippen molar-refractivity contribution in [3.63, 3.8) is 0 Å². The molecule has 1 nitrogen and oxygen atoms in total. The van der Waals surface area contributed by atoms with Gasteiger partial charge in [-0.25, -0.2) is 0 Å². The van der Waals surface area contributed by atoms with E-state index in [0.29, 0.717) is 5.75 Å². The number of halogens is 2. The van der Waals surface area contributed by atoms with Crippen LogP contribution in [0.25, 0.3) is 0 Å². The lowest BCUT2D eigenvalue weighted by molar-refractivity contribution is -0.0467. The highest BCUT2D eigenvalue weighted by Gasteiger charge is 2.32. The summed E-state index contributed by atoms with van der Waals surface area (Å²) in [6.07, 6.45) is 0. The predicted octanol–water partition coefficient (Wildman–Crippen LogP) is 5.15. The molecule has 0 fully saturated rings. The van der Waals surface area contributed by atoms with Crippen LogP contribution in [0.2, 0.25) is 0 Å². The molecule has 0 saturated heterocycles. The molecule has 2 rings (SSSR count). The van der Waals surface area contributed by atoms with Gasteiger partial charge in [0.15, 0.2) is 6.61 Å². The second-order valence-electron chi connectivity index (χ2n) is 6.13. The molecule has 2 aromatic carbocycles. The molecule has 3 heteroatoms. The van der Waals surface area contributed by atoms with Crippen LogP contribution in [-0.2, 0) is 11.3 Å². The van der Waals surface area contributed by atoms with Gasteiger partial charge in [-0.15, -0.1) is 0 Å². The van der Waals surface area contributed by atoms with Gasteiger partial charge in [-0.3, -0.25) is 0 Å². The highest BCUT2D eigenvalue weighted by Crippen LogP contribution is 2.29. The molecule has 0 radical (unpaired) electrons. The van der Waals surface area contributed by atoms with Crippen molar-refractivity contribution in [2.45, 2.75) is 32.1 Å². The van der Waals surface area contributed by atoms with Gasteiger partial charge in [-0.05, 0) is 23.1 Å². The van der Waals surface area contributed by atoms with Crippen LogP contribution in [0.1, 0.15) is 31.9 Å². The molecule has 0 atom stereocenters. The Kier molecular flexibility index (Phi) is 4.31. The summed E-state index contributed by atoms with van der Waals surface area (Å²) in [6.45, 7) is 5.65. The van der Waals surface area contributed by atoms with Crippen LogP contribution < -0.4 is 4.74 Å². The maximum Gasteiger partial charge on any atom is 0.306 e. The zero-order chi connectivity index (χ0) is 15.5. The van der Waals surface area contributed by atoms with Crippen molar-refractivity contribution in [2.24, 2.45) is 0 Å². The molecular formula is C18H20F2O. The van der Waals surface area contributed by atoms with Gasteiger partial charge in [0.2, 0.25) is 0 Å². The first kappa shape index (κ1) is 15.5. The van der Waals surface area contributed by atoms with Crippen LogP contribution in [0.5, 0.6) is 5.75 Å². The number of alkyl halides is 2. The SMILES string of the molecule is CC(C)(C)c1ccc(OCC(F)(F)c2ccccc2)cc1. The van der Waals surface area contributed by atoms with Gasteiger partial charge in [0.05, 0.1) is 0 Å². The zero-order valence-corrected chi connectivity index (χ0v) is 12.6. The first-order chi connectivity index (χ1) is 9.79. The van der Waals surface area contributed by atoms with E-state index in [4.69, 9.17) is 4.74 Å². The first-order valence-electron chi connectivity index (χ1n) is 6.96. The Labute approximate surface area is 124 Å². The Balaban J connectivity index is 2.03. The number of hydrogen-bond donors (Lipinski definition) is 0. The quantitative estimate of drug-likeness (QED) is 0.756. The Morgan fingerprint density at radius 2 is 1.38 bits per heavy atom. The van der Waals surface area contributed by atoms with Gasteiger partial charge in [-0.2, -0.15) is 8.78 Å². The molecule has 0 saturated carbocycles. The highest BCUT2D eigenvalue weighted by molar-refractivity contribution is 5.31. The smallest absolute Gasteiger partial charge is 0.306 e. The zero-order valence-electron chi connectivity index (χ0n) is 12.6. The third kappa shape index (κ3) is 4.03. The van der Waals surface area contributed by atoms with Crippen molar-refractivity contribution in [3.8, 4) is 5.75 Å². The molecule has 0 N–H and O–H groups in total. The molecule has 0 unspecified atom stereocenters. The summed E-state index contributed by atoms with van der Waals surface area (Å²) in [5.74, 6) is -2.54. The van der Waals surface area contributed by atoms with Gasteiger partial charge in [-0.1, -0.05) is 63.2 Å². The fraction of sp³-hybridized carbons (Fsp3) is 0.333. The Morgan fingerprint density at radius 1 is 0.810 bits per heavy atom. The van der Waals surface area contributed by atoms with Crippen LogP contribution in [0.4, 0.5) is 8.78 Å². The summed E-state index contributed by atoms with van der Waals surface area (Å²) in [7, 11) is 0. The average molecular weight is 290 g/mol. The van der Waals surface area contributed by atoms with Crippen molar-refractivity contribution < 1.29 is 13.5 Å². The fourth-order valence-corrected chi connectivity index (χ4v) is 1.99. The minimum Gasteiger partial charge on any atom is -0.487 e. The molecule has 0 amide bonds. The number of hydrogen-bond acceptors (Lipinski definition) is 1. The predicted molar refractivity (Wildman–Crippen MR) is 81.0 cm³/mol. The third-order valence-corrected chi connectivity index (χ3v) is 3.34. The number of benzene rings is 2. The van der Waals surface area contributed by atoms with Crippen LogP contribution in [0.15, 0.2) is 54.6 Å². The fourth-order valence-electron chi connectivity index (χ4n) is 1.99. The summed E-state index contributed by atoms with van der Waals surface area (Å²) in [5, 5.41) is 0. The summed E-state index contributed by atoms with van der Waals surface area (Å²) in [4.78, 5) is 0. The van der Waals surface area contributed by atoms with Gasteiger partial charge in [0.1, 0.15) is 5.75 Å². The molecule has 112 valence electrons. The second kappa shape index (κ2) is 5.84. The monoisotopic (exact) mass is 290 g/mol. The Hall–Kier alpha value is -1.90. The van der Waals surface area contributed by atoms with E-state index in [1.165, 1.54) is 12.1 Å². The minimum absolute atomic E-state index is 0.0312. The van der Waals surface area contributed by atoms with Gasteiger partial charge in [0.25, 0.3) is 0 Å². The van der Waals surface area contributed by atoms with Crippen molar-refractivity contribution in [2.75, 3.05) is 6.61 Å². The van der Waals surface area contributed by atoms with Gasteiger partial charge < -0.3 is 4.74 Å². The van der Waals surface area contributed by atoms with Crippen LogP contribution in [0, 0.1) is 0 Å². The lowest BCUT2D eigenvalue weighted by Gasteiger charge is -2.20. The van der Waals surface area contributed by atoms with E-state index in [9.17, 15) is 8.78 Å². The maximum atomic E-state index is 14.0. The molecule has 2 aromatic rings. The Morgan fingerprint density at radius 3 is 1.90 bits per heavy atom. The van der Waals surface area contributed by atoms with E-state index in [0.717, 1.165) is 5.56 Å². The van der Waals surface area contributed by atoms with E-state index in [1.807, 2.05) is 12.1 Å². The average Bonchev–Trinajstić information content (AvgIpc) is 2.46. The second-order valence-corrected chi connectivity index (χ2v) is 6.13. The van der Waals surface area contributed by atoms with E-state index < -0.39 is 12.5 Å². The topological polar surface area (TPSA) is 9.23 Å². The largest absolute Gasteiger partial charge is 0.487 e. The number of rotatable bonds is 4. The lowest BCUT2D eigenvalue weighted by atomic mass is 9.87. The molecule has 0 bridgehead atoms. The molecular weight excluding hydrogens is 270 g/mol. The maximum absolute atomic E-state index is 14.0. The molecule has 0 spiro atoms. The van der Waals surface area contributed by atoms with Crippen molar-refractivity contribution in [3.05, 3.63) is 65.7 Å². The minimum atomic E-state index is -3.00. The van der Waals surface area contributed by atoms with E-state index >= 15 is 0 Å². The summed E-state index contributed by atoms with van der Waals surface area (Å²) in [5.41, 5.74) is 1.15. The van der Waals surface area contributed by atoms with Crippen molar-refractivity contribution in [1.29, 1.82) is 0 Å². The molecule has 0 heterocycles. The normalized spacial score (nSPS) is 12.2. The van der Waals surface area contributed by atoms with Crippen molar-refractivity contribution in [1.82, 2.24) is 0 Å². The Bertz CT molecular complexity index is 568. The van der Waals surface area contributed by atoms with E-state index in [-0.39, 0.29) is 11.0 Å². The summed E-state index contributed by atoms with van der Waals surface area (Å²) < 4.78 is 33.2. The molecule has 0 aliphatic heterocycles. The van der Waals surface area contributed by atoms with E-state index in [2.05, 4.69) is 20.8 Å². The standard InChI is InChI=1S/C18H20F2O/c1-17(2,3)14-9-11-16(12-10-14)21-13-18(19,20)15-7-5-4-6-8-15/h4-12H,13H2,1-3H3. The van der Waals surface area contributed by atoms with Gasteiger partial charge >= 0.3 is 5.92 Å². The lowest BCUT2D eigenvalue weighted by Crippen LogP contribution is -2.23. The molecule has 0 aliphatic carbocycles. The van der Waals surface area contributed by atoms with E-state index in [1.54, 1.807) is 30.3 Å².